The third-order valence-corrected chi connectivity index (χ3v) is 15.5. The van der Waals surface area contributed by atoms with Gasteiger partial charge in [-0.1, -0.05) is 140 Å². The molecule has 0 aliphatic heterocycles. The van der Waals surface area contributed by atoms with E-state index in [-0.39, 0.29) is 5.66 Å². The SMILES string of the molecule is Cc1cc(-c2ccc(P(=O)(c3ccccc3)C3C=CC=CC3)cc2)c(I)cc1P(=O)(c1ccccc1)c1ccccc1. The number of halogens is 1. The van der Waals surface area contributed by atoms with Crippen LogP contribution in [0, 0.1) is 10.5 Å². The smallest absolute Gasteiger partial charge is 0.171 e. The minimum Gasteiger partial charge on any atom is -0.313 e. The third-order valence-electron chi connectivity index (χ3n) is 7.99. The van der Waals surface area contributed by atoms with Crippen LogP contribution in [-0.2, 0) is 9.13 Å². The summed E-state index contributed by atoms with van der Waals surface area (Å²) in [5.74, 6) is 0. The van der Waals surface area contributed by atoms with Crippen LogP contribution >= 0.6 is 36.9 Å². The van der Waals surface area contributed by atoms with Gasteiger partial charge in [0.1, 0.15) is 7.14 Å². The lowest BCUT2D eigenvalue weighted by atomic mass is 10.0. The average Bonchev–Trinajstić information content (AvgIpc) is 3.06. The van der Waals surface area contributed by atoms with E-state index in [0.29, 0.717) is 0 Å². The van der Waals surface area contributed by atoms with Crippen LogP contribution in [0.2, 0.25) is 0 Å². The van der Waals surface area contributed by atoms with E-state index in [0.717, 1.165) is 53.2 Å². The van der Waals surface area contributed by atoms with E-state index in [4.69, 9.17) is 0 Å². The van der Waals surface area contributed by atoms with E-state index in [2.05, 4.69) is 59.0 Å². The normalized spacial score (nSPS) is 16.2. The van der Waals surface area contributed by atoms with Gasteiger partial charge in [-0.2, -0.15) is 0 Å². The highest BCUT2D eigenvalue weighted by atomic mass is 127. The molecule has 2 atom stereocenters. The average molecular weight is 697 g/mol. The van der Waals surface area contributed by atoms with Gasteiger partial charge in [0, 0.05) is 35.8 Å². The van der Waals surface area contributed by atoms with E-state index in [1.54, 1.807) is 0 Å². The number of hydrogen-bond donors (Lipinski definition) is 0. The molecule has 0 heterocycles. The number of allylic oxidation sites excluding steroid dienone is 4. The number of hydrogen-bond acceptors (Lipinski definition) is 2. The van der Waals surface area contributed by atoms with E-state index >= 15 is 4.57 Å². The van der Waals surface area contributed by atoms with Crippen molar-refractivity contribution in [2.45, 2.75) is 19.0 Å². The van der Waals surface area contributed by atoms with Crippen molar-refractivity contribution in [2.24, 2.45) is 0 Å². The zero-order valence-corrected chi connectivity index (χ0v) is 27.3. The first kappa shape index (κ1) is 28.9. The van der Waals surface area contributed by atoms with Gasteiger partial charge in [0.05, 0.1) is 0 Å². The largest absolute Gasteiger partial charge is 0.313 e. The van der Waals surface area contributed by atoms with Gasteiger partial charge in [-0.25, -0.2) is 0 Å². The molecular formula is C37H31IO2P2. The predicted molar refractivity (Wildman–Crippen MR) is 189 cm³/mol. The molecule has 2 unspecified atom stereocenters. The summed E-state index contributed by atoms with van der Waals surface area (Å²) in [5.41, 5.74) is 3.04. The second kappa shape index (κ2) is 12.2. The summed E-state index contributed by atoms with van der Waals surface area (Å²) in [6.07, 6.45) is 8.98. The second-order valence-corrected chi connectivity index (χ2v) is 17.5. The second-order valence-electron chi connectivity index (χ2n) is 10.6. The van der Waals surface area contributed by atoms with Crippen LogP contribution in [0.3, 0.4) is 0 Å². The Kier molecular flexibility index (Phi) is 8.37. The van der Waals surface area contributed by atoms with Crippen molar-refractivity contribution >= 4 is 63.4 Å². The van der Waals surface area contributed by atoms with Gasteiger partial charge in [-0.3, -0.25) is 0 Å². The number of aryl methyl sites for hydroxylation is 1. The van der Waals surface area contributed by atoms with E-state index in [1.807, 2.05) is 122 Å². The van der Waals surface area contributed by atoms with E-state index in [9.17, 15) is 4.57 Å². The molecule has 2 nitrogen and oxygen atoms in total. The lowest BCUT2D eigenvalue weighted by molar-refractivity contribution is 0.582. The van der Waals surface area contributed by atoms with Crippen molar-refractivity contribution in [1.82, 2.24) is 0 Å². The Morgan fingerprint density at radius 1 is 0.643 bits per heavy atom. The van der Waals surface area contributed by atoms with Gasteiger partial charge in [-0.05, 0) is 64.8 Å². The molecule has 6 rings (SSSR count). The van der Waals surface area contributed by atoms with Crippen LogP contribution in [-0.4, -0.2) is 5.66 Å². The van der Waals surface area contributed by atoms with Gasteiger partial charge in [-0.15, -0.1) is 0 Å². The van der Waals surface area contributed by atoms with Crippen LogP contribution in [0.5, 0.6) is 0 Å². The number of benzene rings is 5. The van der Waals surface area contributed by atoms with Crippen molar-refractivity contribution in [2.75, 3.05) is 0 Å². The first-order chi connectivity index (χ1) is 20.4. The molecule has 0 bridgehead atoms. The molecular weight excluding hydrogens is 665 g/mol. The Balaban J connectivity index is 1.42. The van der Waals surface area contributed by atoms with Gasteiger partial charge < -0.3 is 9.13 Å². The molecule has 0 spiro atoms. The molecule has 0 saturated carbocycles. The van der Waals surface area contributed by atoms with Crippen LogP contribution < -0.4 is 26.5 Å². The Morgan fingerprint density at radius 2 is 1.17 bits per heavy atom. The van der Waals surface area contributed by atoms with Crippen molar-refractivity contribution in [3.05, 3.63) is 161 Å². The maximum atomic E-state index is 15.0. The first-order valence-corrected chi connectivity index (χ1v) is 18.6. The summed E-state index contributed by atoms with van der Waals surface area (Å²) in [4.78, 5) is 0. The molecule has 0 fully saturated rings. The molecule has 0 N–H and O–H groups in total. The molecule has 0 amide bonds. The fourth-order valence-corrected chi connectivity index (χ4v) is 12.8. The summed E-state index contributed by atoms with van der Waals surface area (Å²) in [6.45, 7) is 2.05. The number of rotatable bonds is 7. The highest BCUT2D eigenvalue weighted by molar-refractivity contribution is 14.1. The molecule has 5 aromatic rings. The van der Waals surface area contributed by atoms with Crippen LogP contribution in [0.1, 0.15) is 12.0 Å². The van der Waals surface area contributed by atoms with Gasteiger partial charge in [0.2, 0.25) is 0 Å². The molecule has 1 aliphatic carbocycles. The monoisotopic (exact) mass is 696 g/mol. The predicted octanol–water partition coefficient (Wildman–Crippen LogP) is 8.10. The minimum atomic E-state index is -3.09. The standard InChI is InChI=1S/C37H31IO2P2/c1-28-26-35(36(38)27-37(28)42(40,32-18-10-4-11-19-32)33-20-12-5-13-21-33)29-22-24-34(25-23-29)41(39,30-14-6-2-7-15-30)31-16-8-3-9-17-31/h2-16,18-27,31H,17H2,1H3. The molecule has 0 saturated heterocycles. The maximum absolute atomic E-state index is 15.0. The quantitative estimate of drug-likeness (QED) is 0.127. The summed E-state index contributed by atoms with van der Waals surface area (Å²) in [5, 5.41) is 4.26. The molecule has 0 aromatic heterocycles. The van der Waals surface area contributed by atoms with Crippen LogP contribution in [0.25, 0.3) is 11.1 Å². The fourth-order valence-electron chi connectivity index (χ4n) is 5.82. The lowest BCUT2D eigenvalue weighted by Gasteiger charge is -2.27. The lowest BCUT2D eigenvalue weighted by Crippen LogP contribution is -2.27. The maximum Gasteiger partial charge on any atom is 0.171 e. The van der Waals surface area contributed by atoms with Crippen molar-refractivity contribution in [3.8, 4) is 11.1 Å². The topological polar surface area (TPSA) is 34.1 Å². The zero-order chi connectivity index (χ0) is 29.2. The Bertz CT molecular complexity index is 1820. The van der Waals surface area contributed by atoms with Gasteiger partial charge in [0.25, 0.3) is 0 Å². The highest BCUT2D eigenvalue weighted by Gasteiger charge is 2.35. The minimum absolute atomic E-state index is 0.0671. The van der Waals surface area contributed by atoms with Crippen molar-refractivity contribution in [1.29, 1.82) is 0 Å². The fraction of sp³-hybridized carbons (Fsp3) is 0.0811. The molecule has 5 aromatic carbocycles. The Hall–Kier alpha value is -3.23. The third kappa shape index (κ3) is 5.24. The molecule has 5 heteroatoms. The van der Waals surface area contributed by atoms with Crippen LogP contribution in [0.15, 0.2) is 152 Å². The highest BCUT2D eigenvalue weighted by Crippen LogP contribution is 2.51. The summed E-state index contributed by atoms with van der Waals surface area (Å²) in [6, 6.07) is 42.0. The Labute approximate surface area is 262 Å². The first-order valence-electron chi connectivity index (χ1n) is 14.0. The van der Waals surface area contributed by atoms with Gasteiger partial charge >= 0.3 is 0 Å². The zero-order valence-electron chi connectivity index (χ0n) is 23.3. The van der Waals surface area contributed by atoms with Crippen molar-refractivity contribution < 1.29 is 9.13 Å². The molecule has 0 radical (unpaired) electrons. The van der Waals surface area contributed by atoms with Gasteiger partial charge in [0.15, 0.2) is 7.14 Å². The van der Waals surface area contributed by atoms with E-state index in [1.165, 1.54) is 0 Å². The summed E-state index contributed by atoms with van der Waals surface area (Å²) >= 11 is 2.36. The summed E-state index contributed by atoms with van der Waals surface area (Å²) < 4.78 is 30.9. The molecule has 1 aliphatic rings. The van der Waals surface area contributed by atoms with Crippen LogP contribution in [0.4, 0.5) is 0 Å². The molecule has 208 valence electrons. The Morgan fingerprint density at radius 3 is 1.69 bits per heavy atom. The summed E-state index contributed by atoms with van der Waals surface area (Å²) in [7, 11) is -5.99. The van der Waals surface area contributed by atoms with E-state index < -0.39 is 14.3 Å². The van der Waals surface area contributed by atoms with Crippen molar-refractivity contribution in [3.63, 3.8) is 0 Å². The molecule has 42 heavy (non-hydrogen) atoms.